The van der Waals surface area contributed by atoms with Crippen molar-refractivity contribution >= 4 is 5.97 Å². The van der Waals surface area contributed by atoms with Crippen LogP contribution >= 0.6 is 0 Å². The molecular formula is C10H12N2O3. The van der Waals surface area contributed by atoms with E-state index in [-0.39, 0.29) is 5.57 Å². The van der Waals surface area contributed by atoms with Gasteiger partial charge in [0.2, 0.25) is 0 Å². The SMILES string of the molecule is N#CC(=CC=CN1CCOCC1)C(=O)O. The van der Waals surface area contributed by atoms with Crippen LogP contribution in [0.25, 0.3) is 0 Å². The number of morpholine rings is 1. The molecule has 1 saturated heterocycles. The lowest BCUT2D eigenvalue weighted by atomic mass is 10.3. The largest absolute Gasteiger partial charge is 0.477 e. The van der Waals surface area contributed by atoms with E-state index >= 15 is 0 Å². The van der Waals surface area contributed by atoms with Gasteiger partial charge in [-0.25, -0.2) is 4.79 Å². The second-order valence-corrected chi connectivity index (χ2v) is 2.99. The van der Waals surface area contributed by atoms with E-state index in [2.05, 4.69) is 0 Å². The normalized spacial score (nSPS) is 17.8. The van der Waals surface area contributed by atoms with E-state index in [1.165, 1.54) is 6.08 Å². The van der Waals surface area contributed by atoms with Crippen molar-refractivity contribution in [2.75, 3.05) is 26.3 Å². The van der Waals surface area contributed by atoms with Gasteiger partial charge in [-0.3, -0.25) is 0 Å². The first-order valence-electron chi connectivity index (χ1n) is 4.57. The Morgan fingerprint density at radius 1 is 1.47 bits per heavy atom. The number of carboxylic acids is 1. The average Bonchev–Trinajstić information content (AvgIpc) is 2.25. The molecule has 1 fully saturated rings. The third-order valence-corrected chi connectivity index (χ3v) is 1.96. The van der Waals surface area contributed by atoms with Gasteiger partial charge < -0.3 is 14.7 Å². The van der Waals surface area contributed by atoms with E-state index < -0.39 is 5.97 Å². The first-order chi connectivity index (χ1) is 7.24. The van der Waals surface area contributed by atoms with Gasteiger partial charge in [0.05, 0.1) is 13.2 Å². The fourth-order valence-corrected chi connectivity index (χ4v) is 1.14. The fraction of sp³-hybridized carbons (Fsp3) is 0.400. The lowest BCUT2D eigenvalue weighted by molar-refractivity contribution is -0.132. The summed E-state index contributed by atoms with van der Waals surface area (Å²) in [4.78, 5) is 12.5. The Bertz CT molecular complexity index is 322. The minimum Gasteiger partial charge on any atom is -0.477 e. The van der Waals surface area contributed by atoms with Crippen LogP contribution in [0.4, 0.5) is 0 Å². The summed E-state index contributed by atoms with van der Waals surface area (Å²) in [5, 5.41) is 17.0. The van der Waals surface area contributed by atoms with Crippen LogP contribution in [0.15, 0.2) is 23.9 Å². The van der Waals surface area contributed by atoms with Crippen LogP contribution in [0, 0.1) is 11.3 Å². The molecule has 15 heavy (non-hydrogen) atoms. The molecule has 0 aromatic carbocycles. The lowest BCUT2D eigenvalue weighted by Gasteiger charge is -2.24. The van der Waals surface area contributed by atoms with Gasteiger partial charge in [-0.1, -0.05) is 0 Å². The van der Waals surface area contributed by atoms with E-state index in [1.54, 1.807) is 18.3 Å². The van der Waals surface area contributed by atoms with E-state index in [0.717, 1.165) is 13.1 Å². The smallest absolute Gasteiger partial charge is 0.346 e. The van der Waals surface area contributed by atoms with E-state index in [4.69, 9.17) is 15.1 Å². The first-order valence-corrected chi connectivity index (χ1v) is 4.57. The zero-order valence-electron chi connectivity index (χ0n) is 8.22. The Morgan fingerprint density at radius 3 is 2.67 bits per heavy atom. The molecule has 0 spiro atoms. The molecule has 0 aliphatic carbocycles. The topological polar surface area (TPSA) is 73.6 Å². The molecule has 0 radical (unpaired) electrons. The molecule has 0 saturated carbocycles. The predicted molar refractivity (Wildman–Crippen MR) is 52.9 cm³/mol. The highest BCUT2D eigenvalue weighted by atomic mass is 16.5. The van der Waals surface area contributed by atoms with Crippen molar-refractivity contribution < 1.29 is 14.6 Å². The van der Waals surface area contributed by atoms with Gasteiger partial charge >= 0.3 is 5.97 Å². The number of nitrogens with zero attached hydrogens (tertiary/aromatic N) is 2. The third kappa shape index (κ3) is 3.83. The molecule has 0 atom stereocenters. The number of aliphatic carboxylic acids is 1. The molecule has 0 unspecified atom stereocenters. The Labute approximate surface area is 87.9 Å². The zero-order chi connectivity index (χ0) is 11.1. The van der Waals surface area contributed by atoms with Crippen molar-refractivity contribution in [1.82, 2.24) is 4.90 Å². The minimum absolute atomic E-state index is 0.264. The maximum atomic E-state index is 10.5. The molecule has 5 heteroatoms. The molecule has 1 aliphatic heterocycles. The molecule has 0 aromatic heterocycles. The van der Waals surface area contributed by atoms with Gasteiger partial charge in [0, 0.05) is 13.1 Å². The number of nitriles is 1. The standard InChI is InChI=1S/C10H12N2O3/c11-8-9(10(13)14)2-1-3-12-4-6-15-7-5-12/h1-3H,4-7H2,(H,13,14). The molecule has 1 heterocycles. The van der Waals surface area contributed by atoms with Gasteiger partial charge in [-0.15, -0.1) is 0 Å². The number of hydrogen-bond acceptors (Lipinski definition) is 4. The highest BCUT2D eigenvalue weighted by molar-refractivity contribution is 5.91. The summed E-state index contributed by atoms with van der Waals surface area (Å²) in [6.07, 6.45) is 4.62. The van der Waals surface area contributed by atoms with Crippen molar-refractivity contribution in [3.8, 4) is 6.07 Å². The fourth-order valence-electron chi connectivity index (χ4n) is 1.14. The number of ether oxygens (including phenoxy) is 1. The van der Waals surface area contributed by atoms with E-state index in [1.807, 2.05) is 4.90 Å². The van der Waals surface area contributed by atoms with Gasteiger partial charge in [0.25, 0.3) is 0 Å². The van der Waals surface area contributed by atoms with Gasteiger partial charge in [-0.05, 0) is 18.4 Å². The van der Waals surface area contributed by atoms with Crippen LogP contribution in [0.3, 0.4) is 0 Å². The van der Waals surface area contributed by atoms with Crippen LogP contribution in [-0.4, -0.2) is 42.3 Å². The predicted octanol–water partition coefficient (Wildman–Crippen LogP) is 0.367. The maximum absolute atomic E-state index is 10.5. The van der Waals surface area contributed by atoms with Crippen LogP contribution in [-0.2, 0) is 9.53 Å². The highest BCUT2D eigenvalue weighted by Gasteiger charge is 2.05. The van der Waals surface area contributed by atoms with Crippen LogP contribution in [0.1, 0.15) is 0 Å². The number of hydrogen-bond donors (Lipinski definition) is 1. The number of carboxylic acid groups (broad SMARTS) is 1. The number of allylic oxidation sites excluding steroid dienone is 2. The van der Waals surface area contributed by atoms with Crippen LogP contribution in [0.5, 0.6) is 0 Å². The molecule has 5 nitrogen and oxygen atoms in total. The molecule has 80 valence electrons. The van der Waals surface area contributed by atoms with Crippen molar-refractivity contribution in [3.05, 3.63) is 23.9 Å². The summed E-state index contributed by atoms with van der Waals surface area (Å²) < 4.78 is 5.15. The second kappa shape index (κ2) is 5.83. The van der Waals surface area contributed by atoms with Gasteiger partial charge in [0.1, 0.15) is 11.6 Å². The highest BCUT2D eigenvalue weighted by Crippen LogP contribution is 1.99. The molecule has 0 bridgehead atoms. The number of carbonyl (C=O) groups is 1. The molecule has 1 aliphatic rings. The first kappa shape index (κ1) is 11.3. The van der Waals surface area contributed by atoms with Crippen molar-refractivity contribution in [3.63, 3.8) is 0 Å². The summed E-state index contributed by atoms with van der Waals surface area (Å²) >= 11 is 0. The minimum atomic E-state index is -1.20. The summed E-state index contributed by atoms with van der Waals surface area (Å²) in [6, 6.07) is 1.61. The third-order valence-electron chi connectivity index (χ3n) is 1.96. The summed E-state index contributed by atoms with van der Waals surface area (Å²) in [6.45, 7) is 2.94. The van der Waals surface area contributed by atoms with Gasteiger partial charge in [-0.2, -0.15) is 5.26 Å². The Hall–Kier alpha value is -1.80. The molecule has 1 N–H and O–H groups in total. The second-order valence-electron chi connectivity index (χ2n) is 2.99. The zero-order valence-corrected chi connectivity index (χ0v) is 8.22. The molecule has 1 rings (SSSR count). The Morgan fingerprint density at radius 2 is 2.13 bits per heavy atom. The summed E-state index contributed by atoms with van der Waals surface area (Å²) in [5.41, 5.74) is -0.264. The van der Waals surface area contributed by atoms with Crippen LogP contribution < -0.4 is 0 Å². The Kier molecular flexibility index (Phi) is 4.38. The van der Waals surface area contributed by atoms with Gasteiger partial charge in [0.15, 0.2) is 0 Å². The quantitative estimate of drug-likeness (QED) is 0.412. The Balaban J connectivity index is 2.50. The monoisotopic (exact) mass is 208 g/mol. The lowest BCUT2D eigenvalue weighted by Crippen LogP contribution is -2.31. The van der Waals surface area contributed by atoms with Crippen molar-refractivity contribution in [2.24, 2.45) is 0 Å². The molecule has 0 amide bonds. The average molecular weight is 208 g/mol. The summed E-state index contributed by atoms with van der Waals surface area (Å²) in [5.74, 6) is -1.20. The number of rotatable bonds is 3. The maximum Gasteiger partial charge on any atom is 0.346 e. The van der Waals surface area contributed by atoms with Crippen molar-refractivity contribution in [2.45, 2.75) is 0 Å². The molecular weight excluding hydrogens is 196 g/mol. The summed E-state index contributed by atoms with van der Waals surface area (Å²) in [7, 11) is 0. The van der Waals surface area contributed by atoms with E-state index in [0.29, 0.717) is 13.2 Å². The van der Waals surface area contributed by atoms with Crippen molar-refractivity contribution in [1.29, 1.82) is 5.26 Å². The van der Waals surface area contributed by atoms with Crippen LogP contribution in [0.2, 0.25) is 0 Å². The van der Waals surface area contributed by atoms with E-state index in [9.17, 15) is 4.79 Å². The molecule has 0 aromatic rings.